The monoisotopic (exact) mass is 400 g/mol. The third kappa shape index (κ3) is 5.46. The van der Waals surface area contributed by atoms with Crippen molar-refractivity contribution in [3.8, 4) is 0 Å². The van der Waals surface area contributed by atoms with Crippen molar-refractivity contribution in [2.24, 2.45) is 5.92 Å². The van der Waals surface area contributed by atoms with Crippen LogP contribution in [0.5, 0.6) is 0 Å². The molecule has 3 rings (SSSR count). The van der Waals surface area contributed by atoms with Crippen molar-refractivity contribution in [2.75, 3.05) is 18.4 Å². The molecule has 3 heterocycles. The van der Waals surface area contributed by atoms with E-state index in [4.69, 9.17) is 0 Å². The van der Waals surface area contributed by atoms with Crippen LogP contribution in [0, 0.1) is 19.8 Å². The van der Waals surface area contributed by atoms with Crippen LogP contribution in [0.25, 0.3) is 0 Å². The Bertz CT molecular complexity index is 847. The van der Waals surface area contributed by atoms with Crippen LogP contribution in [0.15, 0.2) is 18.5 Å². The molecule has 1 N–H and O–H groups in total. The van der Waals surface area contributed by atoms with Gasteiger partial charge in [-0.3, -0.25) is 19.0 Å². The van der Waals surface area contributed by atoms with E-state index in [9.17, 15) is 9.59 Å². The zero-order valence-corrected chi connectivity index (χ0v) is 17.9. The molecule has 29 heavy (non-hydrogen) atoms. The van der Waals surface area contributed by atoms with Crippen molar-refractivity contribution >= 4 is 17.5 Å². The number of nitrogens with one attached hydrogen (secondary N) is 1. The van der Waals surface area contributed by atoms with Crippen LogP contribution in [0.4, 0.5) is 5.69 Å². The van der Waals surface area contributed by atoms with Gasteiger partial charge in [0.05, 0.1) is 23.6 Å². The predicted octanol–water partition coefficient (Wildman–Crippen LogP) is 2.93. The summed E-state index contributed by atoms with van der Waals surface area (Å²) in [6, 6.07) is 2.08. The summed E-state index contributed by atoms with van der Waals surface area (Å²) in [5.41, 5.74) is 2.79. The molecular weight excluding hydrogens is 368 g/mol. The summed E-state index contributed by atoms with van der Waals surface area (Å²) in [4.78, 5) is 26.9. The van der Waals surface area contributed by atoms with Crippen molar-refractivity contribution in [1.82, 2.24) is 24.5 Å². The molecule has 8 nitrogen and oxygen atoms in total. The lowest BCUT2D eigenvalue weighted by molar-refractivity contribution is -0.133. The van der Waals surface area contributed by atoms with Crippen molar-refractivity contribution in [3.63, 3.8) is 0 Å². The summed E-state index contributed by atoms with van der Waals surface area (Å²) >= 11 is 0. The Morgan fingerprint density at radius 3 is 2.59 bits per heavy atom. The number of amides is 2. The van der Waals surface area contributed by atoms with E-state index in [0.717, 1.165) is 36.5 Å². The summed E-state index contributed by atoms with van der Waals surface area (Å²) in [7, 11) is 0. The largest absolute Gasteiger partial charge is 0.343 e. The normalized spacial score (nSPS) is 16.1. The fraction of sp³-hybridized carbons (Fsp3) is 0.619. The van der Waals surface area contributed by atoms with E-state index in [-0.39, 0.29) is 17.9 Å². The summed E-state index contributed by atoms with van der Waals surface area (Å²) in [5.74, 6) is 0.497. The quantitative estimate of drug-likeness (QED) is 0.774. The molecule has 2 amide bonds. The second-order valence-electron chi connectivity index (χ2n) is 8.09. The third-order valence-corrected chi connectivity index (χ3v) is 5.61. The minimum Gasteiger partial charge on any atom is -0.343 e. The molecule has 1 saturated heterocycles. The Morgan fingerprint density at radius 2 is 2.00 bits per heavy atom. The fourth-order valence-corrected chi connectivity index (χ4v) is 4.02. The van der Waals surface area contributed by atoms with Gasteiger partial charge in [0.25, 0.3) is 0 Å². The van der Waals surface area contributed by atoms with E-state index in [1.165, 1.54) is 0 Å². The first-order valence-electron chi connectivity index (χ1n) is 10.5. The smallest absolute Gasteiger partial charge is 0.224 e. The Hall–Kier alpha value is -2.64. The maximum atomic E-state index is 12.7. The predicted molar refractivity (Wildman–Crippen MR) is 111 cm³/mol. The van der Waals surface area contributed by atoms with Crippen LogP contribution >= 0.6 is 0 Å². The second kappa shape index (κ2) is 9.24. The van der Waals surface area contributed by atoms with Gasteiger partial charge in [-0.25, -0.2) is 0 Å². The van der Waals surface area contributed by atoms with Gasteiger partial charge in [0, 0.05) is 44.4 Å². The zero-order chi connectivity index (χ0) is 21.0. The van der Waals surface area contributed by atoms with E-state index >= 15 is 0 Å². The van der Waals surface area contributed by atoms with Gasteiger partial charge in [0.1, 0.15) is 0 Å². The number of carbonyl (C=O) groups is 2. The average molecular weight is 401 g/mol. The SMILES string of the molecule is CCn1cc(NC(=O)CC2CCN(C(=O)CC(C)n3nc(C)cc3C)CC2)cn1. The molecular formula is C21H32N6O2. The van der Waals surface area contributed by atoms with Crippen LogP contribution in [0.2, 0.25) is 0 Å². The Kier molecular flexibility index (Phi) is 6.71. The van der Waals surface area contributed by atoms with Crippen LogP contribution in [-0.4, -0.2) is 49.4 Å². The molecule has 8 heteroatoms. The summed E-state index contributed by atoms with van der Waals surface area (Å²) in [6.45, 7) is 10.2. The first-order chi connectivity index (χ1) is 13.9. The minimum atomic E-state index is 0.0172. The second-order valence-corrected chi connectivity index (χ2v) is 8.09. The van der Waals surface area contributed by atoms with Crippen molar-refractivity contribution in [2.45, 2.75) is 66.0 Å². The standard InChI is InChI=1S/C21H32N6O2/c1-5-26-14-19(13-22-26)23-20(28)12-18-6-8-25(9-7-18)21(29)11-17(4)27-16(3)10-15(2)24-27/h10,13-14,17-18H,5-9,11-12H2,1-4H3,(H,23,28). The number of hydrogen-bond donors (Lipinski definition) is 1. The summed E-state index contributed by atoms with van der Waals surface area (Å²) in [5, 5.41) is 11.6. The van der Waals surface area contributed by atoms with Gasteiger partial charge in [-0.15, -0.1) is 0 Å². The van der Waals surface area contributed by atoms with E-state index < -0.39 is 0 Å². The van der Waals surface area contributed by atoms with Crippen LogP contribution in [-0.2, 0) is 16.1 Å². The van der Waals surface area contributed by atoms with E-state index in [1.54, 1.807) is 10.9 Å². The van der Waals surface area contributed by atoms with Crippen molar-refractivity contribution in [3.05, 3.63) is 29.8 Å². The van der Waals surface area contributed by atoms with E-state index in [2.05, 4.69) is 15.5 Å². The Morgan fingerprint density at radius 1 is 1.28 bits per heavy atom. The molecule has 0 radical (unpaired) electrons. The zero-order valence-electron chi connectivity index (χ0n) is 17.9. The number of likely N-dealkylation sites (tertiary alicyclic amines) is 1. The Balaban J connectivity index is 1.43. The number of rotatable bonds is 7. The highest BCUT2D eigenvalue weighted by molar-refractivity contribution is 5.90. The molecule has 1 aliphatic heterocycles. The van der Waals surface area contributed by atoms with Gasteiger partial charge >= 0.3 is 0 Å². The first kappa shape index (κ1) is 21.1. The van der Waals surface area contributed by atoms with Gasteiger partial charge in [-0.2, -0.15) is 10.2 Å². The maximum Gasteiger partial charge on any atom is 0.224 e. The van der Waals surface area contributed by atoms with Gasteiger partial charge in [-0.05, 0) is 52.5 Å². The molecule has 2 aromatic heterocycles. The molecule has 1 aliphatic rings. The number of hydrogen-bond acceptors (Lipinski definition) is 4. The number of aryl methyl sites for hydroxylation is 3. The molecule has 0 bridgehead atoms. The van der Waals surface area contributed by atoms with Gasteiger partial charge in [0.15, 0.2) is 0 Å². The van der Waals surface area contributed by atoms with Gasteiger partial charge in [0.2, 0.25) is 11.8 Å². The lowest BCUT2D eigenvalue weighted by Gasteiger charge is -2.32. The number of carbonyl (C=O) groups excluding carboxylic acids is 2. The highest BCUT2D eigenvalue weighted by Gasteiger charge is 2.26. The summed E-state index contributed by atoms with van der Waals surface area (Å²) < 4.78 is 3.72. The molecule has 158 valence electrons. The van der Waals surface area contributed by atoms with Crippen LogP contribution in [0.1, 0.15) is 57.0 Å². The first-order valence-corrected chi connectivity index (χ1v) is 10.5. The average Bonchev–Trinajstić information content (AvgIpc) is 3.27. The topological polar surface area (TPSA) is 85.0 Å². The molecule has 1 unspecified atom stereocenters. The maximum absolute atomic E-state index is 12.7. The summed E-state index contributed by atoms with van der Waals surface area (Å²) in [6.07, 6.45) is 6.18. The molecule has 0 aromatic carbocycles. The van der Waals surface area contributed by atoms with Crippen LogP contribution in [0.3, 0.4) is 0 Å². The Labute approximate surface area is 172 Å². The third-order valence-electron chi connectivity index (χ3n) is 5.61. The number of aromatic nitrogens is 4. The number of anilines is 1. The molecule has 1 atom stereocenters. The highest BCUT2D eigenvalue weighted by atomic mass is 16.2. The molecule has 0 saturated carbocycles. The van der Waals surface area contributed by atoms with Crippen LogP contribution < -0.4 is 5.32 Å². The highest BCUT2D eigenvalue weighted by Crippen LogP contribution is 2.23. The van der Waals surface area contributed by atoms with E-state index in [1.807, 2.05) is 49.5 Å². The van der Waals surface area contributed by atoms with Gasteiger partial charge in [-0.1, -0.05) is 0 Å². The minimum absolute atomic E-state index is 0.0172. The van der Waals surface area contributed by atoms with Crippen molar-refractivity contribution in [1.29, 1.82) is 0 Å². The lowest BCUT2D eigenvalue weighted by atomic mass is 9.93. The lowest BCUT2D eigenvalue weighted by Crippen LogP contribution is -2.40. The van der Waals surface area contributed by atoms with E-state index in [0.29, 0.717) is 31.8 Å². The number of nitrogens with zero attached hydrogens (tertiary/aromatic N) is 5. The molecule has 0 aliphatic carbocycles. The van der Waals surface area contributed by atoms with Gasteiger partial charge < -0.3 is 10.2 Å². The van der Waals surface area contributed by atoms with Crippen molar-refractivity contribution < 1.29 is 9.59 Å². The molecule has 0 spiro atoms. The molecule has 1 fully saturated rings. The number of piperidine rings is 1. The fourth-order valence-electron chi connectivity index (χ4n) is 4.02. The molecule has 2 aromatic rings.